The molecular weight excluding hydrogens is 560 g/mol. The van der Waals surface area contributed by atoms with Crippen LogP contribution in [0.2, 0.25) is 0 Å². The fraction of sp³-hybridized carbons (Fsp3) is 0.600. The van der Waals surface area contributed by atoms with Crippen LogP contribution >= 0.6 is 0 Å². The first-order valence-electron chi connectivity index (χ1n) is 16.1. The van der Waals surface area contributed by atoms with Gasteiger partial charge in [-0.1, -0.05) is 68.5 Å². The second kappa shape index (κ2) is 15.7. The van der Waals surface area contributed by atoms with Gasteiger partial charge in [-0.2, -0.15) is 0 Å². The summed E-state index contributed by atoms with van der Waals surface area (Å²) in [5.74, 6) is 0.0911. The van der Waals surface area contributed by atoms with Crippen LogP contribution in [0.25, 0.3) is 0 Å². The molecule has 2 amide bonds. The van der Waals surface area contributed by atoms with Crippen LogP contribution in [0.15, 0.2) is 48.5 Å². The Morgan fingerprint density at radius 1 is 1.02 bits per heavy atom. The van der Waals surface area contributed by atoms with Crippen molar-refractivity contribution >= 4 is 12.0 Å². The average molecular weight is 611 g/mol. The normalized spacial score (nSPS) is 20.7. The molecule has 0 spiro atoms. The topological polar surface area (TPSA) is 137 Å². The molecule has 0 heterocycles. The minimum atomic E-state index is -0.992. The number of aliphatic hydroxyl groups is 3. The molecule has 2 aliphatic carbocycles. The summed E-state index contributed by atoms with van der Waals surface area (Å²) in [6.07, 6.45) is 4.79. The number of hydrogen-bond acceptors (Lipinski definition) is 7. The summed E-state index contributed by atoms with van der Waals surface area (Å²) >= 11 is 0. The van der Waals surface area contributed by atoms with E-state index in [2.05, 4.69) is 10.6 Å². The van der Waals surface area contributed by atoms with Gasteiger partial charge < -0.3 is 35.4 Å². The van der Waals surface area contributed by atoms with Gasteiger partial charge >= 0.3 is 6.09 Å². The summed E-state index contributed by atoms with van der Waals surface area (Å²) < 4.78 is 11.0. The zero-order chi connectivity index (χ0) is 31.7. The van der Waals surface area contributed by atoms with E-state index in [4.69, 9.17) is 14.6 Å². The molecule has 0 aromatic heterocycles. The molecule has 5 N–H and O–H groups in total. The van der Waals surface area contributed by atoms with Gasteiger partial charge in [-0.15, -0.1) is 0 Å². The molecule has 0 aliphatic heterocycles. The Hall–Kier alpha value is -3.14. The van der Waals surface area contributed by atoms with Gasteiger partial charge in [-0.25, -0.2) is 4.79 Å². The lowest BCUT2D eigenvalue weighted by Gasteiger charge is -2.32. The minimum absolute atomic E-state index is 0.0859. The number of carbonyl (C=O) groups is 2. The van der Waals surface area contributed by atoms with Crippen molar-refractivity contribution in [1.29, 1.82) is 0 Å². The number of hydrogen-bond donors (Lipinski definition) is 5. The Balaban J connectivity index is 1.53. The van der Waals surface area contributed by atoms with Crippen LogP contribution in [0.5, 0.6) is 5.75 Å². The van der Waals surface area contributed by atoms with E-state index in [0.29, 0.717) is 30.9 Å². The molecule has 2 aliphatic rings. The molecule has 2 aromatic carbocycles. The third-order valence-corrected chi connectivity index (χ3v) is 8.64. The largest absolute Gasteiger partial charge is 0.491 e. The van der Waals surface area contributed by atoms with E-state index >= 15 is 0 Å². The van der Waals surface area contributed by atoms with Crippen LogP contribution in [-0.2, 0) is 22.4 Å². The Labute approximate surface area is 261 Å². The van der Waals surface area contributed by atoms with Gasteiger partial charge in [0, 0.05) is 12.3 Å². The first kappa shape index (κ1) is 33.7. The Kier molecular flexibility index (Phi) is 12.1. The van der Waals surface area contributed by atoms with Gasteiger partial charge in [-0.05, 0) is 74.8 Å². The first-order valence-corrected chi connectivity index (χ1v) is 16.1. The highest BCUT2D eigenvalue weighted by Gasteiger charge is 2.36. The lowest BCUT2D eigenvalue weighted by atomic mass is 9.82. The number of ether oxygens (including phenoxy) is 2. The standard InChI is InChI=1S/C35H50N2O7/c1-35(2,3)44-34(42)36-29(20-23-9-5-4-6-10-23)30(39)22-26(19-24-13-15-27(16-14-24)43-18-17-38)33(41)37-32-28-12-8-7-11-25(28)21-31(32)40/h7-8,11-16,23,26,29-32,38-40H,4-6,9-10,17-22H2,1-3H3,(H,36,42)(H,37,41). The average Bonchev–Trinajstić information content (AvgIpc) is 3.30. The highest BCUT2D eigenvalue weighted by Crippen LogP contribution is 2.33. The second-order valence-electron chi connectivity index (χ2n) is 13.4. The zero-order valence-electron chi connectivity index (χ0n) is 26.3. The number of aliphatic hydroxyl groups excluding tert-OH is 3. The molecular formula is C35H50N2O7. The van der Waals surface area contributed by atoms with E-state index in [9.17, 15) is 19.8 Å². The maximum Gasteiger partial charge on any atom is 0.407 e. The highest BCUT2D eigenvalue weighted by molar-refractivity contribution is 5.80. The number of fused-ring (bicyclic) bond motifs is 1. The number of amides is 2. The molecule has 9 nitrogen and oxygen atoms in total. The van der Waals surface area contributed by atoms with Crippen molar-refractivity contribution in [3.63, 3.8) is 0 Å². The van der Waals surface area contributed by atoms with E-state index in [1.807, 2.05) is 36.4 Å². The van der Waals surface area contributed by atoms with Crippen LogP contribution in [0.1, 0.15) is 88.4 Å². The van der Waals surface area contributed by atoms with Crippen molar-refractivity contribution < 1.29 is 34.4 Å². The van der Waals surface area contributed by atoms with E-state index in [1.165, 1.54) is 6.42 Å². The van der Waals surface area contributed by atoms with E-state index < -0.39 is 41.9 Å². The predicted molar refractivity (Wildman–Crippen MR) is 168 cm³/mol. The highest BCUT2D eigenvalue weighted by atomic mass is 16.6. The Morgan fingerprint density at radius 3 is 2.41 bits per heavy atom. The number of nitrogens with one attached hydrogen (secondary N) is 2. The molecule has 1 fully saturated rings. The lowest BCUT2D eigenvalue weighted by molar-refractivity contribution is -0.127. The fourth-order valence-electron chi connectivity index (χ4n) is 6.48. The predicted octanol–water partition coefficient (Wildman–Crippen LogP) is 4.61. The van der Waals surface area contributed by atoms with Gasteiger partial charge in [0.1, 0.15) is 18.0 Å². The molecule has 2 aromatic rings. The molecule has 5 atom stereocenters. The maximum absolute atomic E-state index is 13.9. The fourth-order valence-corrected chi connectivity index (χ4v) is 6.48. The minimum Gasteiger partial charge on any atom is -0.491 e. The maximum atomic E-state index is 13.9. The summed E-state index contributed by atoms with van der Waals surface area (Å²) in [6.45, 7) is 5.51. The van der Waals surface area contributed by atoms with Crippen molar-refractivity contribution in [3.8, 4) is 5.75 Å². The van der Waals surface area contributed by atoms with Crippen molar-refractivity contribution in [2.45, 2.75) is 108 Å². The van der Waals surface area contributed by atoms with Gasteiger partial charge in [0.15, 0.2) is 0 Å². The van der Waals surface area contributed by atoms with Crippen LogP contribution in [0.4, 0.5) is 4.79 Å². The summed E-state index contributed by atoms with van der Waals surface area (Å²) in [7, 11) is 0. The van der Waals surface area contributed by atoms with E-state index in [0.717, 1.165) is 42.4 Å². The van der Waals surface area contributed by atoms with Crippen LogP contribution in [0.3, 0.4) is 0 Å². The second-order valence-corrected chi connectivity index (χ2v) is 13.4. The molecule has 0 bridgehead atoms. The zero-order valence-corrected chi connectivity index (χ0v) is 26.3. The van der Waals surface area contributed by atoms with E-state index in [-0.39, 0.29) is 25.5 Å². The lowest BCUT2D eigenvalue weighted by Crippen LogP contribution is -2.48. The molecule has 0 radical (unpaired) electrons. The number of rotatable bonds is 13. The monoisotopic (exact) mass is 610 g/mol. The van der Waals surface area contributed by atoms with Crippen LogP contribution in [-0.4, -0.2) is 64.4 Å². The van der Waals surface area contributed by atoms with Crippen LogP contribution in [0, 0.1) is 11.8 Å². The Bertz CT molecular complexity index is 1210. The van der Waals surface area contributed by atoms with Gasteiger partial charge in [0.25, 0.3) is 0 Å². The number of carbonyl (C=O) groups excluding carboxylic acids is 2. The Morgan fingerprint density at radius 2 is 1.73 bits per heavy atom. The number of benzene rings is 2. The summed E-state index contributed by atoms with van der Waals surface area (Å²) in [5, 5.41) is 37.5. The molecule has 44 heavy (non-hydrogen) atoms. The third-order valence-electron chi connectivity index (χ3n) is 8.64. The van der Waals surface area contributed by atoms with Crippen molar-refractivity contribution in [2.24, 2.45) is 11.8 Å². The third kappa shape index (κ3) is 9.94. The first-order chi connectivity index (χ1) is 21.0. The quantitative estimate of drug-likeness (QED) is 0.223. The molecule has 1 saturated carbocycles. The molecule has 4 rings (SSSR count). The van der Waals surface area contributed by atoms with Crippen molar-refractivity contribution in [3.05, 3.63) is 65.2 Å². The summed E-state index contributed by atoms with van der Waals surface area (Å²) in [6, 6.07) is 13.9. The summed E-state index contributed by atoms with van der Waals surface area (Å²) in [4.78, 5) is 26.8. The molecule has 242 valence electrons. The molecule has 0 saturated heterocycles. The van der Waals surface area contributed by atoms with Gasteiger partial charge in [-0.3, -0.25) is 4.79 Å². The number of alkyl carbamates (subject to hydrolysis) is 1. The molecule has 9 heteroatoms. The summed E-state index contributed by atoms with van der Waals surface area (Å²) in [5.41, 5.74) is 2.11. The van der Waals surface area contributed by atoms with Gasteiger partial charge in [0.05, 0.1) is 30.9 Å². The molecule has 5 unspecified atom stereocenters. The van der Waals surface area contributed by atoms with Gasteiger partial charge in [0.2, 0.25) is 5.91 Å². The van der Waals surface area contributed by atoms with Crippen molar-refractivity contribution in [1.82, 2.24) is 10.6 Å². The van der Waals surface area contributed by atoms with Crippen LogP contribution < -0.4 is 15.4 Å². The smallest absolute Gasteiger partial charge is 0.407 e. The SMILES string of the molecule is CC(C)(C)OC(=O)NC(CC1CCCCC1)C(O)CC(Cc1ccc(OCCO)cc1)C(=O)NC1c2ccccc2CC1O. The van der Waals surface area contributed by atoms with Crippen molar-refractivity contribution in [2.75, 3.05) is 13.2 Å². The van der Waals surface area contributed by atoms with E-state index in [1.54, 1.807) is 32.9 Å².